The van der Waals surface area contributed by atoms with E-state index >= 15 is 0 Å². The van der Waals surface area contributed by atoms with Crippen LogP contribution in [0.25, 0.3) is 22.3 Å². The predicted octanol–water partition coefficient (Wildman–Crippen LogP) is 9.96. The predicted molar refractivity (Wildman–Crippen MR) is 162 cm³/mol. The van der Waals surface area contributed by atoms with Crippen LogP contribution in [-0.2, 0) is 5.41 Å². The first-order valence-electron chi connectivity index (χ1n) is 13.5. The fourth-order valence-corrected chi connectivity index (χ4v) is 8.27. The Bertz CT molecular complexity index is 1880. The van der Waals surface area contributed by atoms with E-state index in [1.165, 1.54) is 71.4 Å². The van der Waals surface area contributed by atoms with Gasteiger partial charge in [0.15, 0.2) is 0 Å². The van der Waals surface area contributed by atoms with Crippen molar-refractivity contribution in [1.82, 2.24) is 0 Å². The van der Waals surface area contributed by atoms with Crippen LogP contribution in [0.3, 0.4) is 0 Å². The second kappa shape index (κ2) is 7.75. The normalized spacial score (nSPS) is 14.7. The summed E-state index contributed by atoms with van der Waals surface area (Å²) in [6, 6.07) is 51.7. The quantitative estimate of drug-likeness (QED) is 0.215. The van der Waals surface area contributed by atoms with Crippen LogP contribution in [-0.4, -0.2) is 0 Å². The largest absolute Gasteiger partial charge is 0.308 e. The molecule has 6 aromatic carbocycles. The maximum absolute atomic E-state index is 2.44. The first-order valence-corrected chi connectivity index (χ1v) is 14.3. The number of para-hydroxylation sites is 2. The van der Waals surface area contributed by atoms with Gasteiger partial charge in [-0.15, -0.1) is 0 Å². The number of anilines is 3. The van der Waals surface area contributed by atoms with Crippen molar-refractivity contribution in [2.24, 2.45) is 0 Å². The number of rotatable bonds is 1. The fourth-order valence-electron chi connectivity index (χ4n) is 7.21. The summed E-state index contributed by atoms with van der Waals surface area (Å²) in [4.78, 5) is 5.01. The van der Waals surface area contributed by atoms with Crippen LogP contribution in [0, 0.1) is 0 Å². The van der Waals surface area contributed by atoms with Crippen LogP contribution in [0.2, 0.25) is 0 Å². The highest BCUT2D eigenvalue weighted by Crippen LogP contribution is 2.63. The molecule has 6 aromatic rings. The Balaban J connectivity index is 1.34. The summed E-state index contributed by atoms with van der Waals surface area (Å²) in [5.74, 6) is 0. The van der Waals surface area contributed by atoms with Gasteiger partial charge in [0, 0.05) is 15.5 Å². The second-order valence-corrected chi connectivity index (χ2v) is 11.6. The van der Waals surface area contributed by atoms with Crippen molar-refractivity contribution in [3.63, 3.8) is 0 Å². The van der Waals surface area contributed by atoms with Gasteiger partial charge in [0.1, 0.15) is 0 Å². The molecule has 1 heterocycles. The molecule has 0 unspecified atom stereocenters. The number of hydrogen-bond acceptors (Lipinski definition) is 2. The Morgan fingerprint density at radius 2 is 0.846 bits per heavy atom. The molecule has 0 saturated carbocycles. The first kappa shape index (κ1) is 21.4. The van der Waals surface area contributed by atoms with Gasteiger partial charge in [0.25, 0.3) is 0 Å². The van der Waals surface area contributed by atoms with Crippen LogP contribution in [0.1, 0.15) is 22.3 Å². The molecule has 9 rings (SSSR count). The monoisotopic (exact) mass is 513 g/mol. The van der Waals surface area contributed by atoms with E-state index in [0.717, 1.165) is 0 Å². The maximum Gasteiger partial charge on any atom is 0.0725 e. The summed E-state index contributed by atoms with van der Waals surface area (Å²) in [5, 5.41) is 0. The molecule has 1 nitrogen and oxygen atoms in total. The Labute approximate surface area is 232 Å². The van der Waals surface area contributed by atoms with E-state index in [1.807, 2.05) is 11.8 Å². The van der Waals surface area contributed by atoms with Gasteiger partial charge >= 0.3 is 0 Å². The average molecular weight is 514 g/mol. The Morgan fingerprint density at radius 3 is 1.41 bits per heavy atom. The van der Waals surface area contributed by atoms with Crippen molar-refractivity contribution in [3.05, 3.63) is 162 Å². The van der Waals surface area contributed by atoms with E-state index in [1.54, 1.807) is 0 Å². The lowest BCUT2D eigenvalue weighted by atomic mass is 9.70. The van der Waals surface area contributed by atoms with E-state index in [4.69, 9.17) is 0 Å². The SMILES string of the molecule is c1ccc2c(c1)Sc1ccccc1N2c1ccc2c(c1)-c1ccccc1C21c2ccccc2-c2ccccc21. The van der Waals surface area contributed by atoms with Crippen LogP contribution >= 0.6 is 11.8 Å². The topological polar surface area (TPSA) is 3.24 Å². The molecule has 1 spiro atoms. The third-order valence-corrected chi connectivity index (χ3v) is 9.80. The van der Waals surface area contributed by atoms with Crippen molar-refractivity contribution in [1.29, 1.82) is 0 Å². The molecule has 1 aliphatic heterocycles. The smallest absolute Gasteiger partial charge is 0.0725 e. The molecule has 3 aliphatic rings. The highest BCUT2D eigenvalue weighted by Gasteiger charge is 2.51. The molecule has 0 atom stereocenters. The van der Waals surface area contributed by atoms with Crippen molar-refractivity contribution in [2.45, 2.75) is 15.2 Å². The van der Waals surface area contributed by atoms with E-state index < -0.39 is 0 Å². The molecule has 2 aliphatic carbocycles. The van der Waals surface area contributed by atoms with Gasteiger partial charge in [-0.05, 0) is 80.9 Å². The van der Waals surface area contributed by atoms with Gasteiger partial charge in [0.05, 0.1) is 16.8 Å². The van der Waals surface area contributed by atoms with Crippen molar-refractivity contribution in [2.75, 3.05) is 4.90 Å². The lowest BCUT2D eigenvalue weighted by Gasteiger charge is -2.34. The standard InChI is InChI=1S/C37H23NS/c1-4-14-29-25(11-1)26-12-2-5-15-30(26)37(29)31-16-6-3-13-27(31)28-23-24(21-22-32(28)37)38-33-17-7-9-19-35(33)39-36-20-10-8-18-34(36)38/h1-23H. The minimum Gasteiger partial charge on any atom is -0.308 e. The van der Waals surface area contributed by atoms with Gasteiger partial charge in [0.2, 0.25) is 0 Å². The zero-order valence-corrected chi connectivity index (χ0v) is 22.0. The molecule has 182 valence electrons. The molecule has 0 N–H and O–H groups in total. The highest BCUT2D eigenvalue weighted by atomic mass is 32.2. The fraction of sp³-hybridized carbons (Fsp3) is 0.0270. The maximum atomic E-state index is 2.44. The molecule has 0 bridgehead atoms. The lowest BCUT2D eigenvalue weighted by molar-refractivity contribution is 0.794. The summed E-state index contributed by atoms with van der Waals surface area (Å²) in [6.07, 6.45) is 0. The highest BCUT2D eigenvalue weighted by molar-refractivity contribution is 7.99. The van der Waals surface area contributed by atoms with Crippen LogP contribution in [0.5, 0.6) is 0 Å². The van der Waals surface area contributed by atoms with Crippen molar-refractivity contribution >= 4 is 28.8 Å². The van der Waals surface area contributed by atoms with E-state index in [9.17, 15) is 0 Å². The first-order chi connectivity index (χ1) is 19.4. The van der Waals surface area contributed by atoms with Gasteiger partial charge < -0.3 is 4.90 Å². The molecular formula is C37H23NS. The van der Waals surface area contributed by atoms with Crippen LogP contribution in [0.4, 0.5) is 17.1 Å². The Kier molecular flexibility index (Phi) is 4.26. The molecular weight excluding hydrogens is 490 g/mol. The average Bonchev–Trinajstić information content (AvgIpc) is 3.47. The summed E-state index contributed by atoms with van der Waals surface area (Å²) < 4.78 is 0. The summed E-state index contributed by atoms with van der Waals surface area (Å²) in [6.45, 7) is 0. The Hall–Kier alpha value is -4.53. The van der Waals surface area contributed by atoms with E-state index in [0.29, 0.717) is 0 Å². The zero-order valence-electron chi connectivity index (χ0n) is 21.1. The number of benzene rings is 6. The Morgan fingerprint density at radius 1 is 0.410 bits per heavy atom. The third kappa shape index (κ3) is 2.67. The summed E-state index contributed by atoms with van der Waals surface area (Å²) in [7, 11) is 0. The molecule has 0 radical (unpaired) electrons. The van der Waals surface area contributed by atoms with Crippen LogP contribution < -0.4 is 4.90 Å². The van der Waals surface area contributed by atoms with E-state index in [-0.39, 0.29) is 5.41 Å². The molecule has 39 heavy (non-hydrogen) atoms. The molecule has 2 heteroatoms. The van der Waals surface area contributed by atoms with Gasteiger partial charge in [-0.25, -0.2) is 0 Å². The molecule has 0 aromatic heterocycles. The van der Waals surface area contributed by atoms with Gasteiger partial charge in [-0.1, -0.05) is 115 Å². The summed E-state index contributed by atoms with van der Waals surface area (Å²) in [5.41, 5.74) is 14.2. The minimum atomic E-state index is -0.300. The molecule has 0 fully saturated rings. The van der Waals surface area contributed by atoms with E-state index in [2.05, 4.69) is 144 Å². The minimum absolute atomic E-state index is 0.300. The zero-order chi connectivity index (χ0) is 25.6. The third-order valence-electron chi connectivity index (χ3n) is 8.67. The molecule has 0 amide bonds. The number of hydrogen-bond donors (Lipinski definition) is 0. The lowest BCUT2D eigenvalue weighted by Crippen LogP contribution is -2.25. The van der Waals surface area contributed by atoms with Crippen molar-refractivity contribution in [3.8, 4) is 22.3 Å². The number of fused-ring (bicyclic) bond motifs is 12. The van der Waals surface area contributed by atoms with Crippen molar-refractivity contribution < 1.29 is 0 Å². The second-order valence-electron chi connectivity index (χ2n) is 10.5. The van der Waals surface area contributed by atoms with Gasteiger partial charge in [-0.3, -0.25) is 0 Å². The van der Waals surface area contributed by atoms with Gasteiger partial charge in [-0.2, -0.15) is 0 Å². The summed E-state index contributed by atoms with van der Waals surface area (Å²) >= 11 is 1.85. The molecule has 0 saturated heterocycles. The number of nitrogens with zero attached hydrogens (tertiary/aromatic N) is 1. The van der Waals surface area contributed by atoms with Crippen LogP contribution in [0.15, 0.2) is 149 Å².